The number of methoxy groups -OCH3 is 1. The van der Waals surface area contributed by atoms with Gasteiger partial charge in [0.25, 0.3) is 0 Å². The maximum absolute atomic E-state index is 5.49. The van der Waals surface area contributed by atoms with E-state index in [9.17, 15) is 0 Å². The Kier molecular flexibility index (Phi) is 6.11. The Balaban J connectivity index is 1.84. The molecule has 112 valence electrons. The summed E-state index contributed by atoms with van der Waals surface area (Å²) in [5.41, 5.74) is 0. The minimum absolute atomic E-state index is 0.475. The number of ether oxygens (including phenoxy) is 1. The predicted octanol–water partition coefficient (Wildman–Crippen LogP) is 2.51. The topological polar surface area (TPSA) is 24.5 Å². The van der Waals surface area contributed by atoms with E-state index in [0.29, 0.717) is 6.10 Å². The Hall–Kier alpha value is -0.120. The van der Waals surface area contributed by atoms with E-state index in [-0.39, 0.29) is 0 Å². The summed E-state index contributed by atoms with van der Waals surface area (Å²) < 4.78 is 5.49. The van der Waals surface area contributed by atoms with Crippen molar-refractivity contribution in [3.8, 4) is 0 Å². The summed E-state index contributed by atoms with van der Waals surface area (Å²) in [6.45, 7) is 5.96. The molecule has 1 N–H and O–H groups in total. The van der Waals surface area contributed by atoms with Gasteiger partial charge in [-0.3, -0.25) is 0 Å². The van der Waals surface area contributed by atoms with Crippen molar-refractivity contribution in [3.63, 3.8) is 0 Å². The van der Waals surface area contributed by atoms with Gasteiger partial charge in [0.2, 0.25) is 0 Å². The minimum atomic E-state index is 0.475. The molecular weight excluding hydrogens is 236 g/mol. The Morgan fingerprint density at radius 2 is 2.11 bits per heavy atom. The van der Waals surface area contributed by atoms with Gasteiger partial charge in [-0.25, -0.2) is 0 Å². The Morgan fingerprint density at radius 3 is 2.74 bits per heavy atom. The van der Waals surface area contributed by atoms with Crippen LogP contribution >= 0.6 is 0 Å². The molecule has 1 saturated heterocycles. The molecule has 1 aliphatic heterocycles. The van der Waals surface area contributed by atoms with Crippen molar-refractivity contribution in [2.24, 2.45) is 11.8 Å². The molecule has 4 unspecified atom stereocenters. The highest BCUT2D eigenvalue weighted by molar-refractivity contribution is 4.88. The molecule has 4 atom stereocenters. The van der Waals surface area contributed by atoms with Gasteiger partial charge in [0.15, 0.2) is 0 Å². The molecule has 19 heavy (non-hydrogen) atoms. The van der Waals surface area contributed by atoms with Crippen LogP contribution in [0, 0.1) is 11.8 Å². The first-order valence-corrected chi connectivity index (χ1v) is 8.19. The summed E-state index contributed by atoms with van der Waals surface area (Å²) in [7, 11) is 3.99. The smallest absolute Gasteiger partial charge is 0.0710 e. The highest BCUT2D eigenvalue weighted by Crippen LogP contribution is 2.33. The molecule has 2 fully saturated rings. The maximum atomic E-state index is 5.49. The van der Waals surface area contributed by atoms with Gasteiger partial charge in [-0.15, -0.1) is 0 Å². The molecule has 1 aliphatic carbocycles. The fourth-order valence-electron chi connectivity index (χ4n) is 4.10. The van der Waals surface area contributed by atoms with Gasteiger partial charge in [0, 0.05) is 32.8 Å². The molecule has 2 rings (SSSR count). The molecule has 0 spiro atoms. The van der Waals surface area contributed by atoms with Crippen LogP contribution in [0.1, 0.15) is 45.4 Å². The fourth-order valence-corrected chi connectivity index (χ4v) is 4.10. The third kappa shape index (κ3) is 4.17. The van der Waals surface area contributed by atoms with E-state index in [4.69, 9.17) is 4.74 Å². The molecule has 3 nitrogen and oxygen atoms in total. The van der Waals surface area contributed by atoms with E-state index in [1.54, 1.807) is 0 Å². The summed E-state index contributed by atoms with van der Waals surface area (Å²) in [5, 5.41) is 3.56. The third-order valence-corrected chi connectivity index (χ3v) is 5.21. The first kappa shape index (κ1) is 15.3. The van der Waals surface area contributed by atoms with E-state index in [2.05, 4.69) is 24.2 Å². The number of rotatable bonds is 6. The average molecular weight is 268 g/mol. The Bertz CT molecular complexity index is 259. The molecule has 0 bridgehead atoms. The largest absolute Gasteiger partial charge is 0.380 e. The van der Waals surface area contributed by atoms with E-state index >= 15 is 0 Å². The quantitative estimate of drug-likeness (QED) is 0.801. The van der Waals surface area contributed by atoms with Crippen molar-refractivity contribution in [2.45, 2.75) is 57.6 Å². The van der Waals surface area contributed by atoms with Crippen molar-refractivity contribution in [1.82, 2.24) is 10.2 Å². The lowest BCUT2D eigenvalue weighted by Gasteiger charge is -2.38. The van der Waals surface area contributed by atoms with Crippen LogP contribution in [0.2, 0.25) is 0 Å². The van der Waals surface area contributed by atoms with Crippen molar-refractivity contribution >= 4 is 0 Å². The van der Waals surface area contributed by atoms with E-state index in [1.165, 1.54) is 51.6 Å². The predicted molar refractivity (Wildman–Crippen MR) is 80.4 cm³/mol. The van der Waals surface area contributed by atoms with Crippen LogP contribution in [0.25, 0.3) is 0 Å². The zero-order valence-corrected chi connectivity index (χ0v) is 13.0. The monoisotopic (exact) mass is 268 g/mol. The first-order chi connectivity index (χ1) is 9.26. The van der Waals surface area contributed by atoms with Gasteiger partial charge in [-0.1, -0.05) is 19.8 Å². The summed E-state index contributed by atoms with van der Waals surface area (Å²) in [6.07, 6.45) is 8.68. The van der Waals surface area contributed by atoms with Crippen LogP contribution in [-0.2, 0) is 4.74 Å². The summed E-state index contributed by atoms with van der Waals surface area (Å²) >= 11 is 0. The van der Waals surface area contributed by atoms with Crippen LogP contribution in [0.15, 0.2) is 0 Å². The second kappa shape index (κ2) is 7.61. The maximum Gasteiger partial charge on any atom is 0.0710 e. The van der Waals surface area contributed by atoms with Crippen LogP contribution in [0.5, 0.6) is 0 Å². The van der Waals surface area contributed by atoms with Gasteiger partial charge in [-0.05, 0) is 44.6 Å². The van der Waals surface area contributed by atoms with Crippen molar-refractivity contribution in [3.05, 3.63) is 0 Å². The highest BCUT2D eigenvalue weighted by Gasteiger charge is 2.32. The zero-order chi connectivity index (χ0) is 13.7. The average Bonchev–Trinajstić information content (AvgIpc) is 2.87. The highest BCUT2D eigenvalue weighted by atomic mass is 16.5. The molecule has 0 aromatic rings. The molecule has 3 heteroatoms. The van der Waals surface area contributed by atoms with Gasteiger partial charge < -0.3 is 15.0 Å². The third-order valence-electron chi connectivity index (χ3n) is 5.21. The Labute approximate surface area is 119 Å². The second-order valence-electron chi connectivity index (χ2n) is 6.53. The van der Waals surface area contributed by atoms with Gasteiger partial charge in [0.1, 0.15) is 0 Å². The van der Waals surface area contributed by atoms with Crippen molar-refractivity contribution in [2.75, 3.05) is 33.8 Å². The molecule has 1 heterocycles. The van der Waals surface area contributed by atoms with Gasteiger partial charge >= 0.3 is 0 Å². The summed E-state index contributed by atoms with van der Waals surface area (Å²) in [5.74, 6) is 1.81. The molecule has 0 amide bonds. The van der Waals surface area contributed by atoms with Crippen LogP contribution in [0.3, 0.4) is 0 Å². The van der Waals surface area contributed by atoms with Crippen LogP contribution in [0.4, 0.5) is 0 Å². The number of nitrogens with zero attached hydrogens (tertiary/aromatic N) is 1. The minimum Gasteiger partial charge on any atom is -0.380 e. The standard InChI is InChI=1S/C16H32N2O/c1-4-5-13-6-7-16(17-2)14(10-13)11-18-9-8-15(12-18)19-3/h13-17H,4-12H2,1-3H3. The molecule has 0 radical (unpaired) electrons. The zero-order valence-electron chi connectivity index (χ0n) is 13.0. The number of likely N-dealkylation sites (tertiary alicyclic amines) is 1. The summed E-state index contributed by atoms with van der Waals surface area (Å²) in [4.78, 5) is 2.62. The normalized spacial score (nSPS) is 36.8. The lowest BCUT2D eigenvalue weighted by molar-refractivity contribution is 0.0979. The molecular formula is C16H32N2O. The number of hydrogen-bond donors (Lipinski definition) is 1. The SMILES string of the molecule is CCCC1CCC(NC)C(CN2CCC(OC)C2)C1. The Morgan fingerprint density at radius 1 is 1.26 bits per heavy atom. The van der Waals surface area contributed by atoms with Crippen LogP contribution in [-0.4, -0.2) is 50.8 Å². The lowest BCUT2D eigenvalue weighted by Crippen LogP contribution is -2.44. The van der Waals surface area contributed by atoms with E-state index in [1.807, 2.05) is 7.11 Å². The second-order valence-corrected chi connectivity index (χ2v) is 6.53. The lowest BCUT2D eigenvalue weighted by atomic mass is 9.76. The van der Waals surface area contributed by atoms with Crippen molar-refractivity contribution < 1.29 is 4.74 Å². The van der Waals surface area contributed by atoms with Gasteiger partial charge in [-0.2, -0.15) is 0 Å². The molecule has 0 aromatic heterocycles. The van der Waals surface area contributed by atoms with E-state index in [0.717, 1.165) is 24.4 Å². The molecule has 1 saturated carbocycles. The number of hydrogen-bond acceptors (Lipinski definition) is 3. The molecule has 0 aromatic carbocycles. The molecule has 2 aliphatic rings. The number of nitrogens with one attached hydrogen (secondary N) is 1. The van der Waals surface area contributed by atoms with Crippen LogP contribution < -0.4 is 5.32 Å². The van der Waals surface area contributed by atoms with Crippen molar-refractivity contribution in [1.29, 1.82) is 0 Å². The van der Waals surface area contributed by atoms with Gasteiger partial charge in [0.05, 0.1) is 6.10 Å². The first-order valence-electron chi connectivity index (χ1n) is 8.19. The fraction of sp³-hybridized carbons (Fsp3) is 1.00. The summed E-state index contributed by atoms with van der Waals surface area (Å²) in [6, 6.07) is 0.731. The van der Waals surface area contributed by atoms with E-state index < -0.39 is 0 Å².